The second kappa shape index (κ2) is 8.39. The number of amides is 1. The summed E-state index contributed by atoms with van der Waals surface area (Å²) in [5.41, 5.74) is 0.723. The van der Waals surface area contributed by atoms with Crippen molar-refractivity contribution >= 4 is 18.3 Å². The molecule has 0 aromatic heterocycles. The van der Waals surface area contributed by atoms with E-state index >= 15 is 0 Å². The Morgan fingerprint density at radius 2 is 1.59 bits per heavy atom. The van der Waals surface area contributed by atoms with Gasteiger partial charge in [-0.15, -0.1) is 12.4 Å². The van der Waals surface area contributed by atoms with E-state index in [4.69, 9.17) is 4.74 Å². The number of carbonyl (C=O) groups excluding carboxylic acids is 1. The molecule has 2 rings (SSSR count). The van der Waals surface area contributed by atoms with E-state index in [1.807, 2.05) is 36.2 Å². The first kappa shape index (κ1) is 18.8. The number of hydrogen-bond donors (Lipinski definition) is 0. The van der Waals surface area contributed by atoms with Crippen LogP contribution < -0.4 is 4.74 Å². The lowest BCUT2D eigenvalue weighted by Gasteiger charge is -2.41. The summed E-state index contributed by atoms with van der Waals surface area (Å²) >= 11 is 0. The number of carbonyl (C=O) groups is 1. The highest BCUT2D eigenvalue weighted by atomic mass is 35.5. The quantitative estimate of drug-likeness (QED) is 0.852. The Balaban J connectivity index is 0.00000242. The van der Waals surface area contributed by atoms with Crippen LogP contribution in [0.15, 0.2) is 24.3 Å². The summed E-state index contributed by atoms with van der Waals surface area (Å²) in [5.74, 6) is 0.870. The molecular formula is C17H27ClN2O2. The minimum atomic E-state index is 0. The van der Waals surface area contributed by atoms with Gasteiger partial charge in [-0.3, -0.25) is 4.79 Å². The highest BCUT2D eigenvalue weighted by Gasteiger charge is 2.32. The standard InChI is InChI=1S/C17H26N2O2.ClH/c1-18(2)15-7-5-6-8-16(15)19(3)17(20)13-9-11-14(21-4)12-10-13;/h9-12,15-16H,5-8H2,1-4H3;1H/t15-,16-;/m1./s1. The predicted octanol–water partition coefficient (Wildman–Crippen LogP) is 3.06. The van der Waals surface area contributed by atoms with Gasteiger partial charge in [0.15, 0.2) is 0 Å². The van der Waals surface area contributed by atoms with Gasteiger partial charge in [0.25, 0.3) is 5.91 Å². The van der Waals surface area contributed by atoms with Crippen molar-refractivity contribution in [3.05, 3.63) is 29.8 Å². The molecule has 1 aliphatic carbocycles. The molecule has 0 spiro atoms. The first-order valence-corrected chi connectivity index (χ1v) is 7.62. The maximum atomic E-state index is 12.7. The Bertz CT molecular complexity index is 476. The molecule has 1 saturated carbocycles. The van der Waals surface area contributed by atoms with Crippen molar-refractivity contribution in [2.24, 2.45) is 0 Å². The number of benzene rings is 1. The molecule has 0 unspecified atom stereocenters. The van der Waals surface area contributed by atoms with Crippen LogP contribution in [-0.4, -0.2) is 56.0 Å². The van der Waals surface area contributed by atoms with Crippen LogP contribution in [0.5, 0.6) is 5.75 Å². The van der Waals surface area contributed by atoms with Gasteiger partial charge >= 0.3 is 0 Å². The van der Waals surface area contributed by atoms with Gasteiger partial charge in [-0.2, -0.15) is 0 Å². The second-order valence-electron chi connectivity index (χ2n) is 6.03. The van der Waals surface area contributed by atoms with E-state index in [2.05, 4.69) is 19.0 Å². The van der Waals surface area contributed by atoms with E-state index < -0.39 is 0 Å². The third-order valence-corrected chi connectivity index (χ3v) is 4.51. The largest absolute Gasteiger partial charge is 0.497 e. The normalized spacial score (nSPS) is 21.1. The van der Waals surface area contributed by atoms with Crippen molar-refractivity contribution < 1.29 is 9.53 Å². The molecule has 5 heteroatoms. The number of halogens is 1. The fourth-order valence-corrected chi connectivity index (χ4v) is 3.23. The molecule has 2 atom stereocenters. The average molecular weight is 327 g/mol. The fourth-order valence-electron chi connectivity index (χ4n) is 3.23. The minimum Gasteiger partial charge on any atom is -0.497 e. The predicted molar refractivity (Wildman–Crippen MR) is 92.1 cm³/mol. The number of likely N-dealkylation sites (N-methyl/N-ethyl adjacent to an activating group) is 2. The third kappa shape index (κ3) is 4.14. The monoisotopic (exact) mass is 326 g/mol. The lowest BCUT2D eigenvalue weighted by Crippen LogP contribution is -2.51. The van der Waals surface area contributed by atoms with Gasteiger partial charge < -0.3 is 14.5 Å². The molecule has 0 N–H and O–H groups in total. The SMILES string of the molecule is COc1ccc(C(=O)N(C)[C@@H]2CCCC[C@H]2N(C)C)cc1.Cl. The molecule has 0 saturated heterocycles. The highest BCUT2D eigenvalue weighted by Crippen LogP contribution is 2.26. The van der Waals surface area contributed by atoms with Crippen molar-refractivity contribution in [1.82, 2.24) is 9.80 Å². The van der Waals surface area contributed by atoms with Gasteiger partial charge in [-0.05, 0) is 51.2 Å². The van der Waals surface area contributed by atoms with Gasteiger partial charge in [-0.1, -0.05) is 12.8 Å². The molecule has 1 fully saturated rings. The Hall–Kier alpha value is -1.26. The molecule has 1 aromatic rings. The van der Waals surface area contributed by atoms with Crippen LogP contribution in [-0.2, 0) is 0 Å². The van der Waals surface area contributed by atoms with E-state index in [1.165, 1.54) is 12.8 Å². The van der Waals surface area contributed by atoms with Crippen molar-refractivity contribution in [2.75, 3.05) is 28.3 Å². The summed E-state index contributed by atoms with van der Waals surface area (Å²) in [6, 6.07) is 8.10. The molecule has 4 nitrogen and oxygen atoms in total. The maximum absolute atomic E-state index is 12.7. The first-order chi connectivity index (χ1) is 10.0. The van der Waals surface area contributed by atoms with Crippen LogP contribution >= 0.6 is 12.4 Å². The van der Waals surface area contributed by atoms with Crippen LogP contribution in [0.4, 0.5) is 0 Å². The molecule has 0 radical (unpaired) electrons. The van der Waals surface area contributed by atoms with Crippen molar-refractivity contribution in [1.29, 1.82) is 0 Å². The molecular weight excluding hydrogens is 300 g/mol. The highest BCUT2D eigenvalue weighted by molar-refractivity contribution is 5.94. The van der Waals surface area contributed by atoms with E-state index in [-0.39, 0.29) is 18.3 Å². The summed E-state index contributed by atoms with van der Waals surface area (Å²) in [6.07, 6.45) is 4.71. The average Bonchev–Trinajstić information content (AvgIpc) is 2.53. The van der Waals surface area contributed by atoms with Gasteiger partial charge in [-0.25, -0.2) is 0 Å². The Morgan fingerprint density at radius 1 is 1.05 bits per heavy atom. The zero-order chi connectivity index (χ0) is 15.4. The Morgan fingerprint density at radius 3 is 2.09 bits per heavy atom. The first-order valence-electron chi connectivity index (χ1n) is 7.62. The van der Waals surface area contributed by atoms with Crippen LogP contribution in [0, 0.1) is 0 Å². The summed E-state index contributed by atoms with van der Waals surface area (Å²) in [6.45, 7) is 0. The number of methoxy groups -OCH3 is 1. The van der Waals surface area contributed by atoms with E-state index in [0.717, 1.165) is 24.2 Å². The van der Waals surface area contributed by atoms with Crippen LogP contribution in [0.3, 0.4) is 0 Å². The molecule has 1 aromatic carbocycles. The van der Waals surface area contributed by atoms with Crippen LogP contribution in [0.1, 0.15) is 36.0 Å². The molecule has 1 aliphatic rings. The number of hydrogen-bond acceptors (Lipinski definition) is 3. The van der Waals surface area contributed by atoms with Gasteiger partial charge in [0.05, 0.1) is 7.11 Å². The third-order valence-electron chi connectivity index (χ3n) is 4.51. The molecule has 0 bridgehead atoms. The summed E-state index contributed by atoms with van der Waals surface area (Å²) < 4.78 is 5.14. The van der Waals surface area contributed by atoms with Crippen molar-refractivity contribution in [2.45, 2.75) is 37.8 Å². The zero-order valence-corrected chi connectivity index (χ0v) is 14.7. The Labute approximate surface area is 139 Å². The molecule has 0 aliphatic heterocycles. The van der Waals surface area contributed by atoms with E-state index in [9.17, 15) is 4.79 Å². The number of nitrogens with zero attached hydrogens (tertiary/aromatic N) is 2. The van der Waals surface area contributed by atoms with E-state index in [0.29, 0.717) is 12.1 Å². The number of ether oxygens (including phenoxy) is 1. The minimum absolute atomic E-state index is 0. The second-order valence-corrected chi connectivity index (χ2v) is 6.03. The smallest absolute Gasteiger partial charge is 0.253 e. The van der Waals surface area contributed by atoms with Crippen LogP contribution in [0.25, 0.3) is 0 Å². The van der Waals surface area contributed by atoms with Gasteiger partial charge in [0.1, 0.15) is 5.75 Å². The summed E-state index contributed by atoms with van der Waals surface area (Å²) in [7, 11) is 7.77. The van der Waals surface area contributed by atoms with Crippen molar-refractivity contribution in [3.8, 4) is 5.75 Å². The summed E-state index contributed by atoms with van der Waals surface area (Å²) in [4.78, 5) is 16.9. The molecule has 124 valence electrons. The topological polar surface area (TPSA) is 32.8 Å². The fraction of sp³-hybridized carbons (Fsp3) is 0.588. The number of rotatable bonds is 4. The van der Waals surface area contributed by atoms with Gasteiger partial charge in [0.2, 0.25) is 0 Å². The molecule has 0 heterocycles. The lowest BCUT2D eigenvalue weighted by molar-refractivity contribution is 0.0544. The Kier molecular flexibility index (Phi) is 7.17. The molecule has 22 heavy (non-hydrogen) atoms. The van der Waals surface area contributed by atoms with Crippen molar-refractivity contribution in [3.63, 3.8) is 0 Å². The molecule has 1 amide bonds. The van der Waals surface area contributed by atoms with E-state index in [1.54, 1.807) is 7.11 Å². The summed E-state index contributed by atoms with van der Waals surface area (Å²) in [5, 5.41) is 0. The lowest BCUT2D eigenvalue weighted by atomic mass is 9.88. The zero-order valence-electron chi connectivity index (χ0n) is 13.9. The maximum Gasteiger partial charge on any atom is 0.253 e. The van der Waals surface area contributed by atoms with Gasteiger partial charge in [0, 0.05) is 24.7 Å². The van der Waals surface area contributed by atoms with Crippen LogP contribution in [0.2, 0.25) is 0 Å².